The predicted molar refractivity (Wildman–Crippen MR) is 163 cm³/mol. The van der Waals surface area contributed by atoms with Crippen molar-refractivity contribution in [3.05, 3.63) is 121 Å². The lowest BCUT2D eigenvalue weighted by Gasteiger charge is -2.08. The number of benzene rings is 6. The van der Waals surface area contributed by atoms with E-state index in [9.17, 15) is 5.26 Å². The Morgan fingerprint density at radius 2 is 1.35 bits per heavy atom. The minimum Gasteiger partial charge on any atom is -0.454 e. The van der Waals surface area contributed by atoms with E-state index >= 15 is 0 Å². The highest BCUT2D eigenvalue weighted by Crippen LogP contribution is 2.40. The van der Waals surface area contributed by atoms with E-state index in [1.165, 1.54) is 10.8 Å². The number of rotatable bonds is 1. The van der Waals surface area contributed by atoms with Gasteiger partial charge in [0.15, 0.2) is 5.58 Å². The Kier molecular flexibility index (Phi) is 4.09. The Morgan fingerprint density at radius 1 is 0.625 bits per heavy atom. The molecule has 3 heterocycles. The largest absolute Gasteiger partial charge is 0.454 e. The molecule has 9 aromatic rings. The van der Waals surface area contributed by atoms with Crippen LogP contribution in [0, 0.1) is 11.3 Å². The van der Waals surface area contributed by atoms with Crippen LogP contribution in [-0.2, 0) is 0 Å². The molecule has 0 saturated carbocycles. The summed E-state index contributed by atoms with van der Waals surface area (Å²) in [6.45, 7) is 0. The van der Waals surface area contributed by atoms with E-state index in [0.29, 0.717) is 5.56 Å². The van der Waals surface area contributed by atoms with Crippen molar-refractivity contribution in [3.8, 4) is 17.2 Å². The zero-order valence-electron chi connectivity index (χ0n) is 21.2. The van der Waals surface area contributed by atoms with E-state index in [0.717, 1.165) is 71.4 Å². The SMILES string of the molecule is N#Cc1ccc2c(ccc3cc(-c4ccc5oc6c7ccccc7c7nc8ccccc8n7c6c5c4)ccc32)c1. The molecule has 0 spiro atoms. The minimum absolute atomic E-state index is 0.677. The summed E-state index contributed by atoms with van der Waals surface area (Å²) in [6, 6.07) is 42.1. The summed E-state index contributed by atoms with van der Waals surface area (Å²) in [7, 11) is 0. The molecule has 3 aromatic heterocycles. The lowest BCUT2D eigenvalue weighted by molar-refractivity contribution is 0.672. The van der Waals surface area contributed by atoms with E-state index in [1.54, 1.807) is 0 Å². The van der Waals surface area contributed by atoms with E-state index in [1.807, 2.05) is 24.3 Å². The summed E-state index contributed by atoms with van der Waals surface area (Å²) in [5, 5.41) is 17.1. The van der Waals surface area contributed by atoms with Gasteiger partial charge >= 0.3 is 0 Å². The third-order valence-corrected chi connectivity index (χ3v) is 8.16. The maximum absolute atomic E-state index is 9.29. The number of hydrogen-bond donors (Lipinski definition) is 0. The highest BCUT2D eigenvalue weighted by molar-refractivity contribution is 6.19. The van der Waals surface area contributed by atoms with Crippen LogP contribution in [0.3, 0.4) is 0 Å². The van der Waals surface area contributed by atoms with Crippen molar-refractivity contribution in [3.63, 3.8) is 0 Å². The number of nitriles is 1. The number of fused-ring (bicyclic) bond motifs is 13. The normalized spacial score (nSPS) is 12.0. The molecular formula is C36H19N3O. The number of furan rings is 1. The summed E-state index contributed by atoms with van der Waals surface area (Å²) >= 11 is 0. The Morgan fingerprint density at radius 3 is 2.23 bits per heavy atom. The van der Waals surface area contributed by atoms with Crippen LogP contribution in [0.25, 0.3) is 82.2 Å². The molecular weight excluding hydrogens is 490 g/mol. The summed E-state index contributed by atoms with van der Waals surface area (Å²) in [6.07, 6.45) is 0. The van der Waals surface area contributed by atoms with E-state index in [2.05, 4.69) is 101 Å². The molecule has 0 saturated heterocycles. The van der Waals surface area contributed by atoms with Crippen LogP contribution < -0.4 is 0 Å². The second kappa shape index (κ2) is 7.69. The molecule has 0 N–H and O–H groups in total. The van der Waals surface area contributed by atoms with Crippen LogP contribution in [0.15, 0.2) is 120 Å². The van der Waals surface area contributed by atoms with Crippen molar-refractivity contribution >= 4 is 71.1 Å². The van der Waals surface area contributed by atoms with Gasteiger partial charge in [-0.2, -0.15) is 5.26 Å². The third-order valence-electron chi connectivity index (χ3n) is 8.16. The quantitative estimate of drug-likeness (QED) is 0.207. The van der Waals surface area contributed by atoms with E-state index in [-0.39, 0.29) is 0 Å². The maximum atomic E-state index is 9.29. The number of pyridine rings is 1. The molecule has 0 aliphatic carbocycles. The molecule has 4 nitrogen and oxygen atoms in total. The molecule has 0 aliphatic heterocycles. The van der Waals surface area contributed by atoms with Gasteiger partial charge in [0.05, 0.1) is 22.7 Å². The molecule has 184 valence electrons. The first-order valence-electron chi connectivity index (χ1n) is 13.3. The zero-order valence-corrected chi connectivity index (χ0v) is 21.2. The fraction of sp³-hybridized carbons (Fsp3) is 0. The van der Waals surface area contributed by atoms with Crippen molar-refractivity contribution in [2.24, 2.45) is 0 Å². The molecule has 9 rings (SSSR count). The summed E-state index contributed by atoms with van der Waals surface area (Å²) < 4.78 is 8.80. The minimum atomic E-state index is 0.677. The summed E-state index contributed by atoms with van der Waals surface area (Å²) in [4.78, 5) is 5.03. The molecule has 0 unspecified atom stereocenters. The topological polar surface area (TPSA) is 54.2 Å². The van der Waals surface area contributed by atoms with Gasteiger partial charge < -0.3 is 4.42 Å². The molecule has 4 heteroatoms. The van der Waals surface area contributed by atoms with Gasteiger partial charge in [-0.05, 0) is 75.1 Å². The Balaban J connectivity index is 1.33. The van der Waals surface area contributed by atoms with Crippen LogP contribution in [0.2, 0.25) is 0 Å². The monoisotopic (exact) mass is 509 g/mol. The van der Waals surface area contributed by atoms with Gasteiger partial charge in [-0.15, -0.1) is 0 Å². The Hall–Kier alpha value is -5.66. The van der Waals surface area contributed by atoms with Crippen LogP contribution in [0.1, 0.15) is 5.56 Å². The first-order valence-corrected chi connectivity index (χ1v) is 13.3. The smallest absolute Gasteiger partial charge is 0.160 e. The van der Waals surface area contributed by atoms with Crippen molar-refractivity contribution in [1.82, 2.24) is 9.38 Å². The number of para-hydroxylation sites is 2. The van der Waals surface area contributed by atoms with E-state index < -0.39 is 0 Å². The Labute approximate surface area is 227 Å². The highest BCUT2D eigenvalue weighted by atomic mass is 16.3. The standard InChI is InChI=1S/C36H19N3O/c37-20-21-9-14-26-24(17-21)10-11-25-18-22(12-15-27(25)26)23-13-16-33-30(19-23)34-35(40-33)28-5-1-2-6-29(28)36-38-31-7-3-4-8-32(31)39(34)36/h1-19H. The second-order valence-corrected chi connectivity index (χ2v) is 10.3. The van der Waals surface area contributed by atoms with Gasteiger partial charge in [0.1, 0.15) is 16.7 Å². The van der Waals surface area contributed by atoms with Gasteiger partial charge in [-0.25, -0.2) is 4.98 Å². The molecule has 40 heavy (non-hydrogen) atoms. The molecule has 6 aromatic carbocycles. The van der Waals surface area contributed by atoms with E-state index in [4.69, 9.17) is 9.40 Å². The van der Waals surface area contributed by atoms with Gasteiger partial charge in [0, 0.05) is 16.2 Å². The Bertz CT molecular complexity index is 2560. The third kappa shape index (κ3) is 2.81. The van der Waals surface area contributed by atoms with Crippen LogP contribution in [0.4, 0.5) is 0 Å². The van der Waals surface area contributed by atoms with Crippen molar-refractivity contribution in [2.75, 3.05) is 0 Å². The number of nitrogens with zero attached hydrogens (tertiary/aromatic N) is 3. The van der Waals surface area contributed by atoms with Crippen molar-refractivity contribution in [2.45, 2.75) is 0 Å². The molecule has 0 amide bonds. The fourth-order valence-corrected chi connectivity index (χ4v) is 6.30. The predicted octanol–water partition coefficient (Wildman–Crippen LogP) is 9.39. The number of imidazole rings is 1. The van der Waals surface area contributed by atoms with Gasteiger partial charge in [0.2, 0.25) is 0 Å². The number of aromatic nitrogens is 2. The zero-order chi connectivity index (χ0) is 26.4. The second-order valence-electron chi connectivity index (χ2n) is 10.3. The van der Waals surface area contributed by atoms with Gasteiger partial charge in [-0.3, -0.25) is 4.40 Å². The molecule has 0 bridgehead atoms. The highest BCUT2D eigenvalue weighted by Gasteiger charge is 2.19. The molecule has 0 radical (unpaired) electrons. The van der Waals surface area contributed by atoms with Crippen LogP contribution in [0.5, 0.6) is 0 Å². The first kappa shape index (κ1) is 21.3. The van der Waals surface area contributed by atoms with Gasteiger partial charge in [0.25, 0.3) is 0 Å². The summed E-state index contributed by atoms with van der Waals surface area (Å²) in [5.41, 5.74) is 8.69. The van der Waals surface area contributed by atoms with Gasteiger partial charge in [-0.1, -0.05) is 72.8 Å². The molecule has 0 aliphatic rings. The molecule has 0 fully saturated rings. The van der Waals surface area contributed by atoms with Crippen molar-refractivity contribution < 1.29 is 4.42 Å². The van der Waals surface area contributed by atoms with Crippen LogP contribution >= 0.6 is 0 Å². The average molecular weight is 510 g/mol. The first-order chi connectivity index (χ1) is 19.8. The average Bonchev–Trinajstić information content (AvgIpc) is 3.59. The molecule has 0 atom stereocenters. The van der Waals surface area contributed by atoms with Crippen LogP contribution in [-0.4, -0.2) is 9.38 Å². The summed E-state index contributed by atoms with van der Waals surface area (Å²) in [5.74, 6) is 0. The fourth-order valence-electron chi connectivity index (χ4n) is 6.30. The lowest BCUT2D eigenvalue weighted by atomic mass is 9.96. The maximum Gasteiger partial charge on any atom is 0.160 e. The lowest BCUT2D eigenvalue weighted by Crippen LogP contribution is -1.89. The number of hydrogen-bond acceptors (Lipinski definition) is 3. The van der Waals surface area contributed by atoms with Crippen molar-refractivity contribution in [1.29, 1.82) is 5.26 Å².